The topological polar surface area (TPSA) is 56.2 Å². The van der Waals surface area contributed by atoms with Gasteiger partial charge in [0.2, 0.25) is 5.95 Å². The number of hydrogen-bond donors (Lipinski definition) is 1. The van der Waals surface area contributed by atoms with Crippen LogP contribution >= 0.6 is 0 Å². The predicted octanol–water partition coefficient (Wildman–Crippen LogP) is 2.43. The number of pyridine rings is 1. The smallest absolute Gasteiger partial charge is 0.240 e. The van der Waals surface area contributed by atoms with Crippen LogP contribution in [0.5, 0.6) is 0 Å². The number of fused-ring (bicyclic) bond motifs is 1. The van der Waals surface area contributed by atoms with Crippen molar-refractivity contribution < 1.29 is 4.39 Å². The quantitative estimate of drug-likeness (QED) is 0.713. The fraction of sp³-hybridized carbons (Fsp3) is 0.0769. The number of aryl methyl sites for hydroxylation is 1. The fourth-order valence-corrected chi connectivity index (χ4v) is 2.00. The summed E-state index contributed by atoms with van der Waals surface area (Å²) in [6, 6.07) is 8.49. The fourth-order valence-electron chi connectivity index (χ4n) is 2.00. The molecule has 0 bridgehead atoms. The second-order valence-electron chi connectivity index (χ2n) is 4.12. The molecule has 0 amide bonds. The largest absolute Gasteiger partial charge is 0.366 e. The molecule has 1 aromatic carbocycles. The second kappa shape index (κ2) is 3.80. The van der Waals surface area contributed by atoms with E-state index in [1.54, 1.807) is 28.9 Å². The van der Waals surface area contributed by atoms with Gasteiger partial charge in [-0.1, -0.05) is 18.2 Å². The van der Waals surface area contributed by atoms with Gasteiger partial charge in [0.05, 0.1) is 0 Å². The molecular formula is C13H11FN4. The van der Waals surface area contributed by atoms with Crippen LogP contribution < -0.4 is 5.73 Å². The lowest BCUT2D eigenvalue weighted by Gasteiger charge is -2.07. The number of hydrogen-bond acceptors (Lipinski definition) is 3. The molecule has 3 rings (SSSR count). The van der Waals surface area contributed by atoms with Gasteiger partial charge in [0, 0.05) is 17.3 Å². The number of rotatable bonds is 1. The second-order valence-corrected chi connectivity index (χ2v) is 4.12. The number of anilines is 1. The summed E-state index contributed by atoms with van der Waals surface area (Å²) in [5, 5.41) is 4.03. The highest BCUT2D eigenvalue weighted by atomic mass is 19.1. The Bertz CT molecular complexity index is 733. The van der Waals surface area contributed by atoms with Gasteiger partial charge in [-0.25, -0.2) is 8.91 Å². The van der Waals surface area contributed by atoms with E-state index in [4.69, 9.17) is 5.73 Å². The van der Waals surface area contributed by atoms with Crippen LogP contribution in [0.25, 0.3) is 16.8 Å². The molecule has 0 aliphatic carbocycles. The van der Waals surface area contributed by atoms with Crippen molar-refractivity contribution in [3.63, 3.8) is 0 Å². The van der Waals surface area contributed by atoms with Gasteiger partial charge in [0.25, 0.3) is 0 Å². The number of nitrogen functional groups attached to an aromatic ring is 1. The molecule has 0 spiro atoms. The first-order valence-corrected chi connectivity index (χ1v) is 5.52. The molecule has 2 aromatic heterocycles. The van der Waals surface area contributed by atoms with Crippen molar-refractivity contribution in [2.75, 3.05) is 5.73 Å². The average Bonchev–Trinajstić information content (AvgIpc) is 2.68. The van der Waals surface area contributed by atoms with Crippen molar-refractivity contribution in [2.24, 2.45) is 0 Å². The van der Waals surface area contributed by atoms with Gasteiger partial charge in [0.1, 0.15) is 5.82 Å². The number of halogens is 1. The van der Waals surface area contributed by atoms with Crippen molar-refractivity contribution in [1.29, 1.82) is 0 Å². The molecule has 2 N–H and O–H groups in total. The monoisotopic (exact) mass is 242 g/mol. The summed E-state index contributed by atoms with van der Waals surface area (Å²) < 4.78 is 15.4. The first-order valence-electron chi connectivity index (χ1n) is 5.52. The molecule has 0 aliphatic heterocycles. The summed E-state index contributed by atoms with van der Waals surface area (Å²) in [6.45, 7) is 1.91. The Morgan fingerprint density at radius 2 is 2.00 bits per heavy atom. The molecule has 5 heteroatoms. The Morgan fingerprint density at radius 3 is 2.78 bits per heavy atom. The van der Waals surface area contributed by atoms with Crippen molar-refractivity contribution >= 4 is 11.6 Å². The third-order valence-corrected chi connectivity index (χ3v) is 2.86. The molecular weight excluding hydrogens is 231 g/mol. The minimum Gasteiger partial charge on any atom is -0.366 e. The Hall–Kier alpha value is -2.43. The summed E-state index contributed by atoms with van der Waals surface area (Å²) >= 11 is 0. The summed E-state index contributed by atoms with van der Waals surface area (Å²) in [5.74, 6) is -0.0480. The average molecular weight is 242 g/mol. The lowest BCUT2D eigenvalue weighted by atomic mass is 10.0. The molecule has 0 aliphatic rings. The standard InChI is InChI=1S/C13H11FN4/c1-8-6-12-16-13(15)17-18(12)7-10(8)9-4-2-3-5-11(9)14/h2-7H,1H3,(H2,15,17). The number of benzene rings is 1. The van der Waals surface area contributed by atoms with Crippen molar-refractivity contribution in [3.8, 4) is 11.1 Å². The minimum atomic E-state index is -0.256. The molecule has 4 nitrogen and oxygen atoms in total. The van der Waals surface area contributed by atoms with Gasteiger partial charge in [-0.3, -0.25) is 0 Å². The normalized spacial score (nSPS) is 11.0. The summed E-state index contributed by atoms with van der Waals surface area (Å²) in [4.78, 5) is 4.07. The van der Waals surface area contributed by atoms with Crippen LogP contribution in [-0.2, 0) is 0 Å². The van der Waals surface area contributed by atoms with Gasteiger partial charge in [-0.15, -0.1) is 5.10 Å². The van der Waals surface area contributed by atoms with Crippen molar-refractivity contribution in [2.45, 2.75) is 6.92 Å². The maximum absolute atomic E-state index is 13.8. The van der Waals surface area contributed by atoms with Gasteiger partial charge in [0.15, 0.2) is 5.65 Å². The molecule has 0 saturated carbocycles. The van der Waals surface area contributed by atoms with Gasteiger partial charge < -0.3 is 5.73 Å². The van der Waals surface area contributed by atoms with Gasteiger partial charge in [-0.2, -0.15) is 4.98 Å². The zero-order chi connectivity index (χ0) is 12.7. The summed E-state index contributed by atoms with van der Waals surface area (Å²) in [7, 11) is 0. The van der Waals surface area contributed by atoms with E-state index in [9.17, 15) is 4.39 Å². The van der Waals surface area contributed by atoms with Crippen LogP contribution in [0.2, 0.25) is 0 Å². The maximum Gasteiger partial charge on any atom is 0.240 e. The van der Waals surface area contributed by atoms with E-state index in [-0.39, 0.29) is 11.8 Å². The van der Waals surface area contributed by atoms with E-state index >= 15 is 0 Å². The molecule has 3 aromatic rings. The van der Waals surface area contributed by atoms with Crippen LogP contribution in [0.3, 0.4) is 0 Å². The van der Waals surface area contributed by atoms with Crippen LogP contribution in [0.4, 0.5) is 10.3 Å². The molecule has 0 atom stereocenters. The first kappa shape index (κ1) is 10.7. The van der Waals surface area contributed by atoms with Crippen molar-refractivity contribution in [3.05, 3.63) is 47.9 Å². The number of nitrogens with zero attached hydrogens (tertiary/aromatic N) is 3. The zero-order valence-corrected chi connectivity index (χ0v) is 9.76. The lowest BCUT2D eigenvalue weighted by molar-refractivity contribution is 0.631. The van der Waals surface area contributed by atoms with E-state index in [2.05, 4.69) is 10.1 Å². The molecule has 2 heterocycles. The highest BCUT2D eigenvalue weighted by Gasteiger charge is 2.10. The Morgan fingerprint density at radius 1 is 1.22 bits per heavy atom. The Labute approximate surface area is 103 Å². The summed E-state index contributed by atoms with van der Waals surface area (Å²) in [6.07, 6.45) is 1.74. The maximum atomic E-state index is 13.8. The van der Waals surface area contributed by atoms with Crippen LogP contribution in [0.15, 0.2) is 36.5 Å². The van der Waals surface area contributed by atoms with E-state index in [1.165, 1.54) is 6.07 Å². The molecule has 90 valence electrons. The van der Waals surface area contributed by atoms with E-state index < -0.39 is 0 Å². The summed E-state index contributed by atoms with van der Waals surface area (Å²) in [5.41, 5.74) is 8.46. The van der Waals surface area contributed by atoms with Crippen LogP contribution in [-0.4, -0.2) is 14.6 Å². The van der Waals surface area contributed by atoms with Crippen molar-refractivity contribution in [1.82, 2.24) is 14.6 Å². The van der Waals surface area contributed by atoms with Gasteiger partial charge in [-0.05, 0) is 24.6 Å². The molecule has 0 unspecified atom stereocenters. The Kier molecular flexibility index (Phi) is 2.26. The van der Waals surface area contributed by atoms with Crippen LogP contribution in [0, 0.1) is 12.7 Å². The molecule has 0 radical (unpaired) electrons. The lowest BCUT2D eigenvalue weighted by Crippen LogP contribution is -1.94. The van der Waals surface area contributed by atoms with E-state index in [0.29, 0.717) is 11.2 Å². The number of nitrogens with two attached hydrogens (primary N) is 1. The molecule has 18 heavy (non-hydrogen) atoms. The molecule has 0 fully saturated rings. The van der Waals surface area contributed by atoms with Gasteiger partial charge >= 0.3 is 0 Å². The third-order valence-electron chi connectivity index (χ3n) is 2.86. The van der Waals surface area contributed by atoms with E-state index in [0.717, 1.165) is 11.1 Å². The number of aromatic nitrogens is 3. The first-order chi connectivity index (χ1) is 8.65. The Balaban J connectivity index is 2.29. The minimum absolute atomic E-state index is 0.208. The van der Waals surface area contributed by atoms with Crippen LogP contribution in [0.1, 0.15) is 5.56 Å². The SMILES string of the molecule is Cc1cc2nc(N)nn2cc1-c1ccccc1F. The third kappa shape index (κ3) is 1.60. The molecule has 0 saturated heterocycles. The van der Waals surface area contributed by atoms with E-state index in [1.807, 2.05) is 13.0 Å². The predicted molar refractivity (Wildman–Crippen MR) is 67.5 cm³/mol. The zero-order valence-electron chi connectivity index (χ0n) is 9.76. The highest BCUT2D eigenvalue weighted by Crippen LogP contribution is 2.26. The highest BCUT2D eigenvalue weighted by molar-refractivity contribution is 5.69.